The quantitative estimate of drug-likeness (QED) is 0.446. The molecule has 0 aromatic heterocycles. The van der Waals surface area contributed by atoms with Crippen LogP contribution in [0.15, 0.2) is 83.4 Å². The van der Waals surface area contributed by atoms with Crippen molar-refractivity contribution in [1.82, 2.24) is 5.32 Å². The molecule has 2 aromatic carbocycles. The van der Waals surface area contributed by atoms with E-state index in [0.29, 0.717) is 12.5 Å². The summed E-state index contributed by atoms with van der Waals surface area (Å²) in [5.41, 5.74) is 3.81. The number of ether oxygens (including phenoxy) is 1. The second kappa shape index (κ2) is 9.78. The summed E-state index contributed by atoms with van der Waals surface area (Å²) in [5.74, 6) is 1.14. The maximum atomic E-state index is 12.3. The smallest absolute Gasteiger partial charge is 0.243 e. The number of carbonyl (C=O) groups is 1. The van der Waals surface area contributed by atoms with Crippen molar-refractivity contribution >= 4 is 12.1 Å². The largest absolute Gasteiger partial charge is 0.497 e. The van der Waals surface area contributed by atoms with Crippen molar-refractivity contribution in [3.05, 3.63) is 89.5 Å². The number of unbranched alkanes of at least 4 members (excludes halogenated alkanes) is 1. The summed E-state index contributed by atoms with van der Waals surface area (Å²) in [5, 5.41) is 3.02. The van der Waals surface area contributed by atoms with Crippen molar-refractivity contribution in [3.8, 4) is 5.75 Å². The van der Waals surface area contributed by atoms with Gasteiger partial charge in [0.05, 0.1) is 13.7 Å². The molecule has 0 bridgehead atoms. The Morgan fingerprint density at radius 3 is 2.77 bits per heavy atom. The van der Waals surface area contributed by atoms with E-state index in [9.17, 15) is 4.79 Å². The molecule has 1 saturated carbocycles. The second-order valence-corrected chi connectivity index (χ2v) is 8.30. The number of allylic oxidation sites excluding steroid dienone is 2. The van der Waals surface area contributed by atoms with Gasteiger partial charge in [0.1, 0.15) is 5.75 Å². The first-order valence-electron chi connectivity index (χ1n) is 11.1. The van der Waals surface area contributed by atoms with Crippen molar-refractivity contribution in [1.29, 1.82) is 0 Å². The highest BCUT2D eigenvalue weighted by Crippen LogP contribution is 2.59. The third-order valence-corrected chi connectivity index (χ3v) is 6.30. The molecule has 160 valence electrons. The molecule has 0 unspecified atom stereocenters. The SMILES string of the molecule is COc1cccc([C@@]2(c3ccccc3)C[C@H]2C=CC(=O)NCCCCC2=CC=NC2)c1. The lowest BCUT2D eigenvalue weighted by atomic mass is 9.85. The van der Waals surface area contributed by atoms with E-state index in [1.165, 1.54) is 16.7 Å². The molecule has 1 aliphatic heterocycles. The fourth-order valence-electron chi connectivity index (χ4n) is 4.48. The maximum absolute atomic E-state index is 12.3. The number of rotatable bonds is 10. The Bertz CT molecular complexity index is 993. The fraction of sp³-hybridized carbons (Fsp3) is 0.333. The average Bonchev–Trinajstić information content (AvgIpc) is 3.33. The number of hydrogen-bond donors (Lipinski definition) is 1. The van der Waals surface area contributed by atoms with Gasteiger partial charge in [-0.15, -0.1) is 0 Å². The van der Waals surface area contributed by atoms with Crippen molar-refractivity contribution in [3.63, 3.8) is 0 Å². The first-order chi connectivity index (χ1) is 15.2. The van der Waals surface area contributed by atoms with Crippen LogP contribution >= 0.6 is 0 Å². The van der Waals surface area contributed by atoms with Crippen LogP contribution in [0.25, 0.3) is 0 Å². The van der Waals surface area contributed by atoms with Gasteiger partial charge in [-0.05, 0) is 72.6 Å². The minimum atomic E-state index is -0.0936. The normalized spacial score (nSPS) is 21.8. The Labute approximate surface area is 184 Å². The number of hydrogen-bond acceptors (Lipinski definition) is 3. The minimum Gasteiger partial charge on any atom is -0.497 e. The molecule has 1 amide bonds. The molecule has 1 aliphatic carbocycles. The Kier molecular flexibility index (Phi) is 6.66. The van der Waals surface area contributed by atoms with Crippen LogP contribution in [-0.2, 0) is 10.2 Å². The molecule has 4 nitrogen and oxygen atoms in total. The molecule has 1 N–H and O–H groups in total. The van der Waals surface area contributed by atoms with Crippen LogP contribution in [0.1, 0.15) is 36.8 Å². The minimum absolute atomic E-state index is 0.0112. The van der Waals surface area contributed by atoms with Gasteiger partial charge in [-0.25, -0.2) is 0 Å². The Morgan fingerprint density at radius 1 is 1.16 bits per heavy atom. The van der Waals surface area contributed by atoms with Gasteiger partial charge in [-0.3, -0.25) is 9.79 Å². The van der Waals surface area contributed by atoms with Gasteiger partial charge in [0.25, 0.3) is 0 Å². The van der Waals surface area contributed by atoms with E-state index >= 15 is 0 Å². The molecule has 31 heavy (non-hydrogen) atoms. The zero-order valence-corrected chi connectivity index (χ0v) is 18.1. The Morgan fingerprint density at radius 2 is 2.00 bits per heavy atom. The number of nitrogens with zero attached hydrogens (tertiary/aromatic N) is 1. The van der Waals surface area contributed by atoms with Crippen LogP contribution in [-0.4, -0.2) is 32.3 Å². The van der Waals surface area contributed by atoms with Crippen LogP contribution in [0.4, 0.5) is 0 Å². The summed E-state index contributed by atoms with van der Waals surface area (Å²) in [6.45, 7) is 1.55. The summed E-state index contributed by atoms with van der Waals surface area (Å²) in [4.78, 5) is 16.5. The maximum Gasteiger partial charge on any atom is 0.243 e. The van der Waals surface area contributed by atoms with E-state index in [0.717, 1.165) is 38.0 Å². The summed E-state index contributed by atoms with van der Waals surface area (Å²) >= 11 is 0. The third-order valence-electron chi connectivity index (χ3n) is 6.30. The monoisotopic (exact) mass is 414 g/mol. The van der Waals surface area contributed by atoms with E-state index < -0.39 is 0 Å². The van der Waals surface area contributed by atoms with Crippen molar-refractivity contribution < 1.29 is 9.53 Å². The summed E-state index contributed by atoms with van der Waals surface area (Å²) < 4.78 is 5.45. The predicted molar refractivity (Wildman–Crippen MR) is 126 cm³/mol. The van der Waals surface area contributed by atoms with Crippen LogP contribution in [0, 0.1) is 5.92 Å². The molecular weight excluding hydrogens is 384 g/mol. The van der Waals surface area contributed by atoms with Crippen LogP contribution < -0.4 is 10.1 Å². The molecule has 1 fully saturated rings. The molecular formula is C27H30N2O2. The van der Waals surface area contributed by atoms with E-state index in [4.69, 9.17) is 4.74 Å². The van der Waals surface area contributed by atoms with Crippen LogP contribution in [0.2, 0.25) is 0 Å². The molecule has 0 saturated heterocycles. The molecule has 1 heterocycles. The van der Waals surface area contributed by atoms with E-state index in [1.54, 1.807) is 13.2 Å². The standard InChI is InChI=1S/C27H30N2O2/c1-31-25-12-7-11-23(18-25)27(22-9-3-2-4-10-22)19-24(27)13-14-26(30)29-16-6-5-8-21-15-17-28-20-21/h2-4,7,9-15,17-18,24H,5-6,8,16,19-20H2,1H3,(H,29,30)/t24-,27+/m1/s1. The molecule has 2 aliphatic rings. The van der Waals surface area contributed by atoms with Gasteiger partial charge in [0.2, 0.25) is 5.91 Å². The van der Waals surface area contributed by atoms with Gasteiger partial charge >= 0.3 is 0 Å². The lowest BCUT2D eigenvalue weighted by Crippen LogP contribution is -2.22. The zero-order valence-electron chi connectivity index (χ0n) is 18.1. The molecule has 4 heteroatoms. The lowest BCUT2D eigenvalue weighted by Gasteiger charge is -2.19. The predicted octanol–water partition coefficient (Wildman–Crippen LogP) is 4.85. The third kappa shape index (κ3) is 4.96. The highest BCUT2D eigenvalue weighted by Gasteiger charge is 2.55. The first kappa shape index (κ1) is 21.1. The van der Waals surface area contributed by atoms with Gasteiger partial charge in [0, 0.05) is 18.2 Å². The van der Waals surface area contributed by atoms with E-state index in [1.807, 2.05) is 24.4 Å². The summed E-state index contributed by atoms with van der Waals surface area (Å²) in [6.07, 6.45) is 11.9. The average molecular weight is 415 g/mol. The topological polar surface area (TPSA) is 50.7 Å². The zero-order chi connectivity index (χ0) is 21.5. The van der Waals surface area contributed by atoms with Gasteiger partial charge in [-0.2, -0.15) is 0 Å². The number of methoxy groups -OCH3 is 1. The summed E-state index contributed by atoms with van der Waals surface area (Å²) in [7, 11) is 1.70. The second-order valence-electron chi connectivity index (χ2n) is 8.30. The number of nitrogens with one attached hydrogen (secondary N) is 1. The van der Waals surface area contributed by atoms with Crippen molar-refractivity contribution in [2.45, 2.75) is 31.1 Å². The van der Waals surface area contributed by atoms with Crippen molar-refractivity contribution in [2.24, 2.45) is 10.9 Å². The molecule has 0 radical (unpaired) electrons. The lowest BCUT2D eigenvalue weighted by molar-refractivity contribution is -0.116. The van der Waals surface area contributed by atoms with Crippen molar-refractivity contribution in [2.75, 3.05) is 20.2 Å². The summed E-state index contributed by atoms with van der Waals surface area (Å²) in [6, 6.07) is 18.8. The molecule has 2 aromatic rings. The van der Waals surface area contributed by atoms with Gasteiger partial charge in [-0.1, -0.05) is 48.5 Å². The number of amides is 1. The highest BCUT2D eigenvalue weighted by atomic mass is 16.5. The number of carbonyl (C=O) groups excluding carboxylic acids is 1. The highest BCUT2D eigenvalue weighted by molar-refractivity contribution is 5.87. The first-order valence-corrected chi connectivity index (χ1v) is 11.1. The Balaban J connectivity index is 1.35. The number of benzene rings is 2. The van der Waals surface area contributed by atoms with Gasteiger partial charge < -0.3 is 10.1 Å². The fourth-order valence-corrected chi connectivity index (χ4v) is 4.48. The molecule has 2 atom stereocenters. The molecule has 4 rings (SSSR count). The van der Waals surface area contributed by atoms with Crippen LogP contribution in [0.3, 0.4) is 0 Å². The Hall–Kier alpha value is -3.14. The van der Waals surface area contributed by atoms with Gasteiger partial charge in [0.15, 0.2) is 0 Å². The van der Waals surface area contributed by atoms with Crippen LogP contribution in [0.5, 0.6) is 5.75 Å². The van der Waals surface area contributed by atoms with E-state index in [2.05, 4.69) is 58.9 Å². The number of aliphatic imine (C=N–C) groups is 1. The molecule has 0 spiro atoms. The van der Waals surface area contributed by atoms with E-state index in [-0.39, 0.29) is 11.3 Å².